The third kappa shape index (κ3) is 11.5. The van der Waals surface area contributed by atoms with Gasteiger partial charge in [0.15, 0.2) is 18.7 Å². The molecule has 370 valence electrons. The highest BCUT2D eigenvalue weighted by molar-refractivity contribution is 5.87. The van der Waals surface area contributed by atoms with Crippen LogP contribution >= 0.6 is 0 Å². The van der Waals surface area contributed by atoms with Crippen molar-refractivity contribution in [3.63, 3.8) is 0 Å². The molecular formula is C48H85N3O13. The molecule has 0 radical (unpaired) electrons. The molecule has 0 aromatic heterocycles. The van der Waals surface area contributed by atoms with Crippen molar-refractivity contribution in [3.8, 4) is 0 Å². The maximum absolute atomic E-state index is 14.8. The molecule has 18 atom stereocenters. The lowest BCUT2D eigenvalue weighted by Gasteiger charge is -2.50. The van der Waals surface area contributed by atoms with Crippen LogP contribution in [-0.2, 0) is 57.1 Å². The molecule has 1 N–H and O–H groups in total. The number of hydrogen-bond donors (Lipinski definition) is 1. The molecule has 4 aliphatic heterocycles. The monoisotopic (exact) mass is 912 g/mol. The first-order chi connectivity index (χ1) is 29.9. The number of ketones is 1. The molecule has 0 bridgehead atoms. The van der Waals surface area contributed by atoms with Crippen LogP contribution < -0.4 is 0 Å². The third-order valence-corrected chi connectivity index (χ3v) is 15.5. The minimum absolute atomic E-state index is 0.0612. The average molecular weight is 912 g/mol. The number of likely N-dealkylation sites (N-methyl/N-ethyl adjacent to an activating group) is 1. The summed E-state index contributed by atoms with van der Waals surface area (Å²) in [6.07, 6.45) is -5.81. The molecule has 0 unspecified atom stereocenters. The van der Waals surface area contributed by atoms with Gasteiger partial charge in [0.05, 0.1) is 48.4 Å². The number of hydrogen-bond acceptors (Lipinski definition) is 15. The molecule has 0 saturated carbocycles. The number of aliphatic hydroxyl groups is 1. The van der Waals surface area contributed by atoms with Crippen LogP contribution in [0.15, 0.2) is 0 Å². The van der Waals surface area contributed by atoms with Crippen molar-refractivity contribution in [1.29, 1.82) is 0 Å². The van der Waals surface area contributed by atoms with Crippen LogP contribution in [0.5, 0.6) is 0 Å². The number of amides is 1. The number of carbonyl (C=O) groups is 4. The summed E-state index contributed by atoms with van der Waals surface area (Å²) in [6, 6.07) is -0.829. The van der Waals surface area contributed by atoms with Crippen LogP contribution in [0.3, 0.4) is 0 Å². The van der Waals surface area contributed by atoms with Gasteiger partial charge in [0.25, 0.3) is 0 Å². The van der Waals surface area contributed by atoms with Crippen LogP contribution in [0, 0.1) is 29.1 Å². The Bertz CT molecular complexity index is 1580. The highest BCUT2D eigenvalue weighted by Gasteiger charge is 2.58. The molecule has 0 aliphatic carbocycles. The van der Waals surface area contributed by atoms with Gasteiger partial charge in [-0.25, -0.2) is 0 Å². The van der Waals surface area contributed by atoms with Gasteiger partial charge in [0.2, 0.25) is 5.91 Å². The molecule has 64 heavy (non-hydrogen) atoms. The molecule has 4 rings (SSSR count). The van der Waals surface area contributed by atoms with Gasteiger partial charge in [-0.1, -0.05) is 48.5 Å². The van der Waals surface area contributed by atoms with Crippen molar-refractivity contribution in [2.75, 3.05) is 55.0 Å². The minimum atomic E-state index is -1.22. The number of nitrogens with zero attached hydrogens (tertiary/aromatic N) is 3. The Labute approximate surface area is 383 Å². The van der Waals surface area contributed by atoms with E-state index in [1.807, 2.05) is 81.3 Å². The van der Waals surface area contributed by atoms with E-state index in [-0.39, 0.29) is 55.5 Å². The van der Waals surface area contributed by atoms with E-state index in [2.05, 4.69) is 18.7 Å². The zero-order chi connectivity index (χ0) is 48.2. The predicted molar refractivity (Wildman–Crippen MR) is 240 cm³/mol. The van der Waals surface area contributed by atoms with Gasteiger partial charge in [-0.05, 0) is 81.1 Å². The first-order valence-electron chi connectivity index (χ1n) is 23.8. The molecule has 4 heterocycles. The first-order valence-corrected chi connectivity index (χ1v) is 23.8. The minimum Gasteiger partial charge on any atom is -0.461 e. The van der Waals surface area contributed by atoms with E-state index < -0.39 is 102 Å². The fourth-order valence-electron chi connectivity index (χ4n) is 11.5. The van der Waals surface area contributed by atoms with Gasteiger partial charge >= 0.3 is 11.9 Å². The highest BCUT2D eigenvalue weighted by atomic mass is 16.7. The highest BCUT2D eigenvalue weighted by Crippen LogP contribution is 2.48. The van der Waals surface area contributed by atoms with E-state index in [1.54, 1.807) is 33.1 Å². The first kappa shape index (κ1) is 54.3. The molecule has 4 saturated heterocycles. The van der Waals surface area contributed by atoms with Gasteiger partial charge in [-0.2, -0.15) is 0 Å². The van der Waals surface area contributed by atoms with E-state index >= 15 is 0 Å². The maximum atomic E-state index is 14.8. The number of rotatable bonds is 14. The van der Waals surface area contributed by atoms with E-state index in [1.165, 1.54) is 0 Å². The second-order valence-electron chi connectivity index (χ2n) is 20.3. The maximum Gasteiger partial charge on any atom is 0.311 e. The van der Waals surface area contributed by atoms with Gasteiger partial charge in [-0.15, -0.1) is 0 Å². The lowest BCUT2D eigenvalue weighted by molar-refractivity contribution is -0.320. The summed E-state index contributed by atoms with van der Waals surface area (Å²) in [5.74, 6) is -3.91. The van der Waals surface area contributed by atoms with Crippen molar-refractivity contribution in [2.45, 2.75) is 200 Å². The van der Waals surface area contributed by atoms with Crippen LogP contribution in [0.25, 0.3) is 0 Å². The number of cyclic esters (lactones) is 1. The number of esters is 2. The van der Waals surface area contributed by atoms with Gasteiger partial charge in [-0.3, -0.25) is 19.2 Å². The lowest BCUT2D eigenvalue weighted by Crippen LogP contribution is -2.61. The van der Waals surface area contributed by atoms with Gasteiger partial charge in [0, 0.05) is 69.9 Å². The topological polar surface area (TPSA) is 172 Å². The summed E-state index contributed by atoms with van der Waals surface area (Å²) in [4.78, 5) is 62.0. The Morgan fingerprint density at radius 3 is 2.05 bits per heavy atom. The van der Waals surface area contributed by atoms with Crippen molar-refractivity contribution in [1.82, 2.24) is 14.7 Å². The van der Waals surface area contributed by atoms with E-state index in [4.69, 9.17) is 37.9 Å². The van der Waals surface area contributed by atoms with Gasteiger partial charge in [0.1, 0.15) is 23.6 Å². The van der Waals surface area contributed by atoms with E-state index in [0.29, 0.717) is 19.4 Å². The van der Waals surface area contributed by atoms with E-state index in [9.17, 15) is 24.3 Å². The Morgan fingerprint density at radius 2 is 1.48 bits per heavy atom. The van der Waals surface area contributed by atoms with Crippen LogP contribution in [0.1, 0.15) is 122 Å². The van der Waals surface area contributed by atoms with Gasteiger partial charge < -0.3 is 57.7 Å². The molecule has 16 heteroatoms. The zero-order valence-electron chi connectivity index (χ0n) is 42.2. The number of Topliss-reactive ketones (excluding diaryl/α,β-unsaturated/α-hetero) is 1. The Morgan fingerprint density at radius 1 is 0.875 bits per heavy atom. The predicted octanol–water partition coefficient (Wildman–Crippen LogP) is 4.85. The van der Waals surface area contributed by atoms with Crippen molar-refractivity contribution >= 4 is 23.6 Å². The van der Waals surface area contributed by atoms with Crippen LogP contribution in [0.2, 0.25) is 0 Å². The normalized spacial score (nSPS) is 43.0. The number of likely N-dealkylation sites (tertiary alicyclic amines) is 1. The smallest absolute Gasteiger partial charge is 0.311 e. The molecule has 1 amide bonds. The number of methoxy groups -OCH3 is 2. The second kappa shape index (κ2) is 22.2. The number of aliphatic hydroxyl groups excluding tert-OH is 1. The summed E-state index contributed by atoms with van der Waals surface area (Å²) < 4.78 is 52.1. The summed E-state index contributed by atoms with van der Waals surface area (Å²) >= 11 is 0. The molecule has 0 aromatic rings. The molecular weight excluding hydrogens is 827 g/mol. The fourth-order valence-corrected chi connectivity index (χ4v) is 11.5. The van der Waals surface area contributed by atoms with E-state index in [0.717, 1.165) is 13.1 Å². The number of fused-ring (bicyclic) bond motifs is 1. The molecule has 0 spiro atoms. The average Bonchev–Trinajstić information content (AvgIpc) is 3.48. The van der Waals surface area contributed by atoms with Crippen molar-refractivity contribution in [3.05, 3.63) is 0 Å². The summed E-state index contributed by atoms with van der Waals surface area (Å²) in [6.45, 7) is 25.0. The summed E-state index contributed by atoms with van der Waals surface area (Å²) in [5.41, 5.74) is -3.14. The van der Waals surface area contributed by atoms with Crippen LogP contribution in [0.4, 0.5) is 0 Å². The standard InChI is InChI=1S/C48H85N3O13/c1-18-34-46(10)25-35(52)50(15)41(46)29(6)38(54)27(4)24-47(11,57-16)42(64-45-39(55)33(49(13)14)23-28(5)59-45)30(7)40(31(8)44(56)61-34)63-37-26-48(12,58-17)43(32(9)60-37)62-36(53)21-22-51(19-2)20-3/h27-34,37,39-43,45,55H,18-26H2,1-17H3/t27-,28-,29+,30+,31-,32+,33+,34-,37+,39-,40+,41-,42-,43+,45+,46-,47-,48-/m1/s1. The SMILES string of the molecule is CC[C@H]1OC(=O)[C@H](C)[C@@H](O[C@H]2C[C@@](C)(OC)[C@@H](OC(=O)CCN(CC)CC)[C@H](C)O2)[C@H](C)[C@@H](O[C@@H]2O[C@H](C)C[C@H](N(C)C)[C@H]2O)[C@](C)(OC)C[C@@H](C)C(=O)[C@H](C)[C@H]2N(C)C(=O)C[C@]12C. The van der Waals surface area contributed by atoms with Crippen molar-refractivity contribution < 1.29 is 62.2 Å². The number of carbonyl (C=O) groups excluding carboxylic acids is 4. The molecule has 4 aliphatic rings. The lowest BCUT2D eigenvalue weighted by atomic mass is 9.68. The molecule has 4 fully saturated rings. The number of ether oxygens (including phenoxy) is 8. The molecule has 0 aromatic carbocycles. The molecule has 16 nitrogen and oxygen atoms in total. The second-order valence-corrected chi connectivity index (χ2v) is 20.3. The fraction of sp³-hybridized carbons (Fsp3) is 0.917. The third-order valence-electron chi connectivity index (χ3n) is 15.5. The van der Waals surface area contributed by atoms with Crippen molar-refractivity contribution in [2.24, 2.45) is 29.1 Å². The summed E-state index contributed by atoms with van der Waals surface area (Å²) in [5, 5.41) is 11.8. The van der Waals surface area contributed by atoms with Crippen LogP contribution in [-0.4, -0.2) is 177 Å². The Balaban J connectivity index is 1.83. The Kier molecular flexibility index (Phi) is 18.9. The largest absolute Gasteiger partial charge is 0.461 e. The zero-order valence-corrected chi connectivity index (χ0v) is 42.2. The quantitative estimate of drug-likeness (QED) is 0.235. The Hall–Kier alpha value is -2.28. The summed E-state index contributed by atoms with van der Waals surface area (Å²) in [7, 11) is 8.65.